The molecule has 4 rings (SSSR count). The molecule has 2 heteroatoms. The van der Waals surface area contributed by atoms with E-state index < -0.39 is 0 Å². The van der Waals surface area contributed by atoms with E-state index in [1.807, 2.05) is 0 Å². The summed E-state index contributed by atoms with van der Waals surface area (Å²) in [5, 5.41) is 10.1. The van der Waals surface area contributed by atoms with Gasteiger partial charge in [0.1, 0.15) is 0 Å². The molecule has 0 aromatic carbocycles. The van der Waals surface area contributed by atoms with Crippen LogP contribution in [-0.2, 0) is 0 Å². The molecule has 0 aromatic heterocycles. The first-order valence-electron chi connectivity index (χ1n) is 4.96. The van der Waals surface area contributed by atoms with Gasteiger partial charge in [-0.3, -0.25) is 0 Å². The SMILES string of the molecule is Cl.OC12CC3CC(CC(C3)C1)C2. The molecular weight excluding hydrogens is 172 g/mol. The molecule has 0 unspecified atom stereocenters. The Labute approximate surface area is 80.0 Å². The van der Waals surface area contributed by atoms with E-state index in [0.29, 0.717) is 0 Å². The average Bonchev–Trinajstić information content (AvgIpc) is 1.79. The number of aliphatic hydroxyl groups is 1. The van der Waals surface area contributed by atoms with Gasteiger partial charge in [-0.15, -0.1) is 12.4 Å². The highest BCUT2D eigenvalue weighted by Crippen LogP contribution is 2.55. The van der Waals surface area contributed by atoms with Crippen LogP contribution in [-0.4, -0.2) is 10.7 Å². The van der Waals surface area contributed by atoms with Gasteiger partial charge >= 0.3 is 0 Å². The van der Waals surface area contributed by atoms with Gasteiger partial charge in [0.2, 0.25) is 0 Å². The topological polar surface area (TPSA) is 20.2 Å². The first-order valence-corrected chi connectivity index (χ1v) is 4.96. The van der Waals surface area contributed by atoms with Crippen molar-refractivity contribution in [2.75, 3.05) is 0 Å². The molecule has 0 radical (unpaired) electrons. The Bertz CT molecular complexity index is 155. The Kier molecular flexibility index (Phi) is 1.93. The smallest absolute Gasteiger partial charge is 0.0655 e. The van der Waals surface area contributed by atoms with E-state index in [9.17, 15) is 5.11 Å². The summed E-state index contributed by atoms with van der Waals surface area (Å²) in [6.07, 6.45) is 7.66. The number of hydrogen-bond acceptors (Lipinski definition) is 1. The van der Waals surface area contributed by atoms with Crippen molar-refractivity contribution in [1.82, 2.24) is 0 Å². The molecule has 4 fully saturated rings. The van der Waals surface area contributed by atoms with Crippen LogP contribution in [0.15, 0.2) is 0 Å². The van der Waals surface area contributed by atoms with E-state index in [0.717, 1.165) is 37.0 Å². The second kappa shape index (κ2) is 2.62. The lowest BCUT2D eigenvalue weighted by atomic mass is 9.54. The Hall–Kier alpha value is 0.250. The summed E-state index contributed by atoms with van der Waals surface area (Å²) in [6, 6.07) is 0. The van der Waals surface area contributed by atoms with Crippen LogP contribution in [0.2, 0.25) is 0 Å². The standard InChI is InChI=1S/C10H16O.ClH/c11-10-4-7-1-8(5-10)3-9(2-7)6-10;/h7-9,11H,1-6H2;1H. The van der Waals surface area contributed by atoms with Gasteiger partial charge < -0.3 is 5.11 Å². The molecule has 0 aromatic rings. The summed E-state index contributed by atoms with van der Waals surface area (Å²) in [4.78, 5) is 0. The van der Waals surface area contributed by atoms with Crippen molar-refractivity contribution >= 4 is 12.4 Å². The highest BCUT2D eigenvalue weighted by atomic mass is 35.5. The fourth-order valence-electron chi connectivity index (χ4n) is 4.06. The molecule has 0 amide bonds. The van der Waals surface area contributed by atoms with Crippen molar-refractivity contribution in [3.63, 3.8) is 0 Å². The van der Waals surface area contributed by atoms with Gasteiger partial charge in [-0.1, -0.05) is 0 Å². The lowest BCUT2D eigenvalue weighted by molar-refractivity contribution is -0.124. The van der Waals surface area contributed by atoms with Gasteiger partial charge in [0.25, 0.3) is 0 Å². The third-order valence-electron chi connectivity index (χ3n) is 4.01. The molecule has 1 nitrogen and oxygen atoms in total. The predicted octanol–water partition coefficient (Wildman–Crippen LogP) is 2.37. The zero-order chi connectivity index (χ0) is 7.47. The summed E-state index contributed by atoms with van der Waals surface area (Å²) in [6.45, 7) is 0. The second-order valence-corrected chi connectivity index (χ2v) is 5.14. The molecule has 70 valence electrons. The zero-order valence-electron chi connectivity index (χ0n) is 7.33. The molecule has 12 heavy (non-hydrogen) atoms. The van der Waals surface area contributed by atoms with Gasteiger partial charge in [0, 0.05) is 0 Å². The van der Waals surface area contributed by atoms with Crippen molar-refractivity contribution in [3.05, 3.63) is 0 Å². The van der Waals surface area contributed by atoms with Gasteiger partial charge in [0.15, 0.2) is 0 Å². The number of rotatable bonds is 0. The summed E-state index contributed by atoms with van der Waals surface area (Å²) in [5.74, 6) is 2.68. The second-order valence-electron chi connectivity index (χ2n) is 5.14. The Morgan fingerprint density at radius 1 is 0.833 bits per heavy atom. The quantitative estimate of drug-likeness (QED) is 0.619. The van der Waals surface area contributed by atoms with E-state index in [4.69, 9.17) is 0 Å². The maximum atomic E-state index is 10.1. The minimum atomic E-state index is -0.200. The predicted molar refractivity (Wildman–Crippen MR) is 50.4 cm³/mol. The zero-order valence-corrected chi connectivity index (χ0v) is 8.15. The van der Waals surface area contributed by atoms with E-state index in [-0.39, 0.29) is 18.0 Å². The van der Waals surface area contributed by atoms with Crippen molar-refractivity contribution in [1.29, 1.82) is 0 Å². The average molecular weight is 189 g/mol. The minimum absolute atomic E-state index is 0. The molecule has 0 saturated heterocycles. The highest BCUT2D eigenvalue weighted by Gasteiger charge is 2.49. The van der Waals surface area contributed by atoms with Gasteiger partial charge in [-0.25, -0.2) is 0 Å². The monoisotopic (exact) mass is 188 g/mol. The van der Waals surface area contributed by atoms with Crippen LogP contribution >= 0.6 is 12.4 Å². The Morgan fingerprint density at radius 3 is 1.42 bits per heavy atom. The molecular formula is C10H17ClO. The van der Waals surface area contributed by atoms with Crippen molar-refractivity contribution in [2.24, 2.45) is 17.8 Å². The third-order valence-corrected chi connectivity index (χ3v) is 4.01. The van der Waals surface area contributed by atoms with Gasteiger partial charge in [-0.05, 0) is 56.3 Å². The van der Waals surface area contributed by atoms with Crippen molar-refractivity contribution < 1.29 is 5.11 Å². The van der Waals surface area contributed by atoms with E-state index >= 15 is 0 Å². The fourth-order valence-corrected chi connectivity index (χ4v) is 4.06. The largest absolute Gasteiger partial charge is 0.390 e. The van der Waals surface area contributed by atoms with E-state index in [1.165, 1.54) is 19.3 Å². The van der Waals surface area contributed by atoms with Crippen LogP contribution in [0.1, 0.15) is 38.5 Å². The fraction of sp³-hybridized carbons (Fsp3) is 1.00. The maximum absolute atomic E-state index is 10.1. The first kappa shape index (κ1) is 8.83. The lowest BCUT2D eigenvalue weighted by Crippen LogP contribution is -2.50. The molecule has 4 aliphatic carbocycles. The maximum Gasteiger partial charge on any atom is 0.0655 e. The van der Waals surface area contributed by atoms with Crippen LogP contribution in [0.4, 0.5) is 0 Å². The molecule has 4 bridgehead atoms. The molecule has 0 aliphatic heterocycles. The molecule has 0 spiro atoms. The molecule has 4 aliphatic rings. The van der Waals surface area contributed by atoms with Crippen LogP contribution in [0.25, 0.3) is 0 Å². The first-order chi connectivity index (χ1) is 5.23. The molecule has 0 heterocycles. The van der Waals surface area contributed by atoms with Gasteiger partial charge in [-0.2, -0.15) is 0 Å². The lowest BCUT2D eigenvalue weighted by Gasteiger charge is -2.54. The highest BCUT2D eigenvalue weighted by molar-refractivity contribution is 5.85. The van der Waals surface area contributed by atoms with Crippen LogP contribution < -0.4 is 0 Å². The summed E-state index contributed by atoms with van der Waals surface area (Å²) < 4.78 is 0. The molecule has 4 saturated carbocycles. The Balaban J connectivity index is 0.000000563. The Morgan fingerprint density at radius 2 is 1.17 bits per heavy atom. The summed E-state index contributed by atoms with van der Waals surface area (Å²) in [7, 11) is 0. The van der Waals surface area contributed by atoms with Crippen molar-refractivity contribution in [3.8, 4) is 0 Å². The summed E-state index contributed by atoms with van der Waals surface area (Å²) >= 11 is 0. The number of hydrogen-bond donors (Lipinski definition) is 1. The summed E-state index contributed by atoms with van der Waals surface area (Å²) in [5.41, 5.74) is -0.200. The normalized spacial score (nSPS) is 55.2. The minimum Gasteiger partial charge on any atom is -0.390 e. The van der Waals surface area contributed by atoms with Gasteiger partial charge in [0.05, 0.1) is 5.60 Å². The van der Waals surface area contributed by atoms with Crippen LogP contribution in [0, 0.1) is 17.8 Å². The van der Waals surface area contributed by atoms with E-state index in [1.54, 1.807) is 0 Å². The third kappa shape index (κ3) is 1.18. The van der Waals surface area contributed by atoms with Crippen LogP contribution in [0.5, 0.6) is 0 Å². The van der Waals surface area contributed by atoms with Crippen molar-refractivity contribution in [2.45, 2.75) is 44.1 Å². The molecule has 1 N–H and O–H groups in total. The number of halogens is 1. The van der Waals surface area contributed by atoms with E-state index in [2.05, 4.69) is 0 Å². The van der Waals surface area contributed by atoms with Crippen LogP contribution in [0.3, 0.4) is 0 Å². The molecule has 0 atom stereocenters.